The molecule has 0 spiro atoms. The van der Waals surface area contributed by atoms with Gasteiger partial charge in [-0.15, -0.1) is 0 Å². The molecule has 1 amide bonds. The van der Waals surface area contributed by atoms with Crippen molar-refractivity contribution in [3.63, 3.8) is 0 Å². The van der Waals surface area contributed by atoms with Gasteiger partial charge in [-0.2, -0.15) is 0 Å². The van der Waals surface area contributed by atoms with E-state index in [1.165, 1.54) is 0 Å². The van der Waals surface area contributed by atoms with E-state index < -0.39 is 56.5 Å². The number of hydrogen-bond acceptors (Lipinski definition) is 4. The summed E-state index contributed by atoms with van der Waals surface area (Å²) >= 11 is 0. The molecule has 0 heterocycles. The Labute approximate surface area is 181 Å². The fourth-order valence-corrected chi connectivity index (χ4v) is 3.97. The minimum absolute atomic E-state index is 0.0868. The Bertz CT molecular complexity index is 1050. The van der Waals surface area contributed by atoms with Crippen LogP contribution in [0.25, 0.3) is 0 Å². The van der Waals surface area contributed by atoms with Crippen LogP contribution in [0.1, 0.15) is 38.3 Å². The molecule has 0 saturated carbocycles. The molecule has 0 bridgehead atoms. The van der Waals surface area contributed by atoms with Gasteiger partial charge >= 0.3 is 0 Å². The Morgan fingerprint density at radius 2 is 1.50 bits per heavy atom. The molecule has 2 rings (SSSR count). The van der Waals surface area contributed by atoms with Crippen LogP contribution in [0.5, 0.6) is 5.75 Å². The molecule has 0 aliphatic carbocycles. The first-order valence-corrected chi connectivity index (χ1v) is 11.0. The number of carbonyl (C=O) groups excluding carboxylic acids is 1. The number of carbonyl (C=O) groups is 1. The molecule has 0 aliphatic heterocycles. The maximum absolute atomic E-state index is 13.7. The largest absolute Gasteiger partial charge is 0.494 e. The Kier molecular flexibility index (Phi) is 8.56. The first-order valence-electron chi connectivity index (χ1n) is 9.52. The molecule has 32 heavy (non-hydrogen) atoms. The molecule has 0 aliphatic rings. The van der Waals surface area contributed by atoms with E-state index in [1.54, 1.807) is 35.9 Å². The van der Waals surface area contributed by atoms with Crippen LogP contribution in [-0.4, -0.2) is 27.5 Å². The van der Waals surface area contributed by atoms with Crippen LogP contribution in [0.15, 0.2) is 29.2 Å². The third kappa shape index (κ3) is 5.94. The van der Waals surface area contributed by atoms with Crippen LogP contribution in [-0.2, 0) is 14.8 Å². The van der Waals surface area contributed by atoms with Crippen LogP contribution in [0.2, 0.25) is 0 Å². The standard InChI is InChI=1S/C20H21F5N2O4S/c1-3-31-13-8-6-12(7-9-13)11(2)27-14(28)5-4-10-26-32(29,30)20-18(24)16(22)15(21)17(23)19(20)25/h6-9,11,26H,3-5,10H2,1-2H3,(H,27,28). The predicted molar refractivity (Wildman–Crippen MR) is 105 cm³/mol. The van der Waals surface area contributed by atoms with Crippen molar-refractivity contribution in [3.05, 3.63) is 58.9 Å². The molecule has 0 saturated heterocycles. The summed E-state index contributed by atoms with van der Waals surface area (Å²) in [5.74, 6) is -11.9. The number of hydrogen-bond donors (Lipinski definition) is 2. The van der Waals surface area contributed by atoms with Crippen molar-refractivity contribution >= 4 is 15.9 Å². The van der Waals surface area contributed by atoms with Gasteiger partial charge in [-0.3, -0.25) is 4.79 Å². The lowest BCUT2D eigenvalue weighted by Crippen LogP contribution is -2.30. The van der Waals surface area contributed by atoms with Gasteiger partial charge in [-0.1, -0.05) is 12.1 Å². The van der Waals surface area contributed by atoms with Gasteiger partial charge < -0.3 is 10.1 Å². The lowest BCUT2D eigenvalue weighted by atomic mass is 10.1. The normalized spacial score (nSPS) is 12.5. The summed E-state index contributed by atoms with van der Waals surface area (Å²) in [5.41, 5.74) is 0.800. The molecule has 176 valence electrons. The Morgan fingerprint density at radius 3 is 2.03 bits per heavy atom. The maximum Gasteiger partial charge on any atom is 0.246 e. The number of nitrogens with one attached hydrogen (secondary N) is 2. The molecule has 1 unspecified atom stereocenters. The average Bonchev–Trinajstić information content (AvgIpc) is 2.74. The van der Waals surface area contributed by atoms with Crippen LogP contribution >= 0.6 is 0 Å². The van der Waals surface area contributed by atoms with Crippen LogP contribution in [0, 0.1) is 29.1 Å². The summed E-state index contributed by atoms with van der Waals surface area (Å²) in [6, 6.07) is 6.68. The minimum atomic E-state index is -5.05. The quantitative estimate of drug-likeness (QED) is 0.235. The number of ether oxygens (including phenoxy) is 1. The van der Waals surface area contributed by atoms with Crippen molar-refractivity contribution in [2.75, 3.05) is 13.2 Å². The van der Waals surface area contributed by atoms with Crippen LogP contribution < -0.4 is 14.8 Å². The molecule has 1 atom stereocenters. The van der Waals surface area contributed by atoms with Crippen LogP contribution in [0.4, 0.5) is 22.0 Å². The van der Waals surface area contributed by atoms with Gasteiger partial charge in [0.25, 0.3) is 0 Å². The Hall–Kier alpha value is -2.73. The zero-order valence-corrected chi connectivity index (χ0v) is 18.0. The summed E-state index contributed by atoms with van der Waals surface area (Å²) in [7, 11) is -5.05. The number of benzene rings is 2. The van der Waals surface area contributed by atoms with Gasteiger partial charge in [0.1, 0.15) is 5.75 Å². The van der Waals surface area contributed by atoms with Crippen molar-refractivity contribution in [2.45, 2.75) is 37.6 Å². The highest BCUT2D eigenvalue weighted by molar-refractivity contribution is 7.89. The summed E-state index contributed by atoms with van der Waals surface area (Å²) in [4.78, 5) is 10.1. The first-order chi connectivity index (χ1) is 15.0. The van der Waals surface area contributed by atoms with Gasteiger partial charge in [0.2, 0.25) is 21.7 Å². The van der Waals surface area contributed by atoms with Gasteiger partial charge in [-0.25, -0.2) is 35.1 Å². The number of rotatable bonds is 10. The van der Waals surface area contributed by atoms with Crippen molar-refractivity contribution in [1.82, 2.24) is 10.0 Å². The SMILES string of the molecule is CCOc1ccc(C(C)NC(=O)CCCNS(=O)(=O)c2c(F)c(F)c(F)c(F)c2F)cc1. The Balaban J connectivity index is 1.91. The molecular weight excluding hydrogens is 459 g/mol. The third-order valence-electron chi connectivity index (χ3n) is 4.38. The van der Waals surface area contributed by atoms with Crippen molar-refractivity contribution in [2.24, 2.45) is 0 Å². The van der Waals surface area contributed by atoms with E-state index in [0.717, 1.165) is 5.56 Å². The second kappa shape index (κ2) is 10.7. The third-order valence-corrected chi connectivity index (χ3v) is 5.86. The smallest absolute Gasteiger partial charge is 0.246 e. The predicted octanol–water partition coefficient (Wildman–Crippen LogP) is 3.72. The lowest BCUT2D eigenvalue weighted by molar-refractivity contribution is -0.121. The van der Waals surface area contributed by atoms with E-state index in [1.807, 2.05) is 6.92 Å². The fraction of sp³-hybridized carbons (Fsp3) is 0.350. The fourth-order valence-electron chi connectivity index (χ4n) is 2.76. The monoisotopic (exact) mass is 480 g/mol. The molecule has 2 aromatic rings. The highest BCUT2D eigenvalue weighted by Crippen LogP contribution is 2.26. The van der Waals surface area contributed by atoms with Crippen molar-refractivity contribution in [3.8, 4) is 5.75 Å². The summed E-state index contributed by atoms with van der Waals surface area (Å²) in [6.07, 6.45) is -0.239. The van der Waals surface area contributed by atoms with Crippen LogP contribution in [0.3, 0.4) is 0 Å². The van der Waals surface area contributed by atoms with E-state index in [9.17, 15) is 35.2 Å². The number of amides is 1. The molecule has 0 radical (unpaired) electrons. The van der Waals surface area contributed by atoms with Gasteiger partial charge in [0.15, 0.2) is 28.2 Å². The zero-order chi connectivity index (χ0) is 24.1. The number of sulfonamides is 1. The second-order valence-corrected chi connectivity index (χ2v) is 8.40. The average molecular weight is 480 g/mol. The molecule has 2 N–H and O–H groups in total. The summed E-state index contributed by atoms with van der Waals surface area (Å²) in [6.45, 7) is 3.63. The molecule has 0 aromatic heterocycles. The lowest BCUT2D eigenvalue weighted by Gasteiger charge is -2.15. The molecule has 0 fully saturated rings. The van der Waals surface area contributed by atoms with Crippen molar-refractivity contribution in [1.29, 1.82) is 0 Å². The zero-order valence-electron chi connectivity index (χ0n) is 17.1. The first kappa shape index (κ1) is 25.5. The van der Waals surface area contributed by atoms with E-state index in [4.69, 9.17) is 4.74 Å². The van der Waals surface area contributed by atoms with E-state index in [-0.39, 0.29) is 18.9 Å². The summed E-state index contributed by atoms with van der Waals surface area (Å²) in [5, 5.41) is 2.70. The van der Waals surface area contributed by atoms with Gasteiger partial charge in [0.05, 0.1) is 12.6 Å². The highest BCUT2D eigenvalue weighted by atomic mass is 32.2. The molecule has 12 heteroatoms. The molecule has 2 aromatic carbocycles. The maximum atomic E-state index is 13.7. The topological polar surface area (TPSA) is 84.5 Å². The number of halogens is 5. The van der Waals surface area contributed by atoms with E-state index >= 15 is 0 Å². The van der Waals surface area contributed by atoms with Gasteiger partial charge in [0, 0.05) is 13.0 Å². The highest BCUT2D eigenvalue weighted by Gasteiger charge is 2.33. The van der Waals surface area contributed by atoms with E-state index in [0.29, 0.717) is 12.4 Å². The Morgan fingerprint density at radius 1 is 0.969 bits per heavy atom. The van der Waals surface area contributed by atoms with Crippen molar-refractivity contribution < 1.29 is 39.9 Å². The molecule has 6 nitrogen and oxygen atoms in total. The van der Waals surface area contributed by atoms with E-state index in [2.05, 4.69) is 5.32 Å². The molecular formula is C20H21F5N2O4S. The minimum Gasteiger partial charge on any atom is -0.494 e. The second-order valence-electron chi connectivity index (χ2n) is 6.69. The summed E-state index contributed by atoms with van der Waals surface area (Å²) < 4.78 is 98.0. The van der Waals surface area contributed by atoms with Gasteiger partial charge in [-0.05, 0) is 38.0 Å².